The van der Waals surface area contributed by atoms with E-state index in [1.54, 1.807) is 12.2 Å². The molecule has 22 heavy (non-hydrogen) atoms. The van der Waals surface area contributed by atoms with E-state index >= 15 is 0 Å². The van der Waals surface area contributed by atoms with Crippen molar-refractivity contribution in [3.05, 3.63) is 23.8 Å². The molecular weight excluding hydrogens is 276 g/mol. The summed E-state index contributed by atoms with van der Waals surface area (Å²) in [5, 5.41) is 0. The van der Waals surface area contributed by atoms with Gasteiger partial charge in [-0.05, 0) is 25.0 Å². The zero-order valence-electron chi connectivity index (χ0n) is 13.7. The maximum absolute atomic E-state index is 11.8. The Kier molecular flexibility index (Phi) is 8.98. The third-order valence-electron chi connectivity index (χ3n) is 3.79. The third-order valence-corrected chi connectivity index (χ3v) is 3.79. The molecule has 0 aromatic heterocycles. The van der Waals surface area contributed by atoms with Crippen LogP contribution in [0.4, 0.5) is 0 Å². The highest BCUT2D eigenvalue weighted by molar-refractivity contribution is 6.07. The predicted molar refractivity (Wildman–Crippen MR) is 88.1 cm³/mol. The lowest BCUT2D eigenvalue weighted by atomic mass is 9.95. The molecule has 0 saturated carbocycles. The molecule has 0 aromatic carbocycles. The Hall–Kier alpha value is -1.82. The summed E-state index contributed by atoms with van der Waals surface area (Å²) in [5.41, 5.74) is 0.839. The first kappa shape index (κ1) is 18.2. The van der Waals surface area contributed by atoms with Crippen LogP contribution in [-0.4, -0.2) is 18.9 Å². The fourth-order valence-electron chi connectivity index (χ4n) is 2.51. The molecule has 1 unspecified atom stereocenters. The van der Waals surface area contributed by atoms with Crippen molar-refractivity contribution >= 4 is 11.8 Å². The van der Waals surface area contributed by atoms with Crippen LogP contribution in [0.3, 0.4) is 0 Å². The molecule has 0 amide bonds. The first-order valence-corrected chi connectivity index (χ1v) is 8.16. The van der Waals surface area contributed by atoms with Gasteiger partial charge in [-0.15, -0.1) is 0 Å². The Labute approximate surface area is 133 Å². The van der Waals surface area contributed by atoms with Crippen LogP contribution in [0.15, 0.2) is 23.8 Å². The molecule has 3 heteroatoms. The van der Waals surface area contributed by atoms with Crippen molar-refractivity contribution in [3.63, 3.8) is 0 Å². The van der Waals surface area contributed by atoms with E-state index in [1.165, 1.54) is 7.11 Å². The zero-order chi connectivity index (χ0) is 16.2. The van der Waals surface area contributed by atoms with Crippen LogP contribution >= 0.6 is 0 Å². The number of hydrogen-bond acceptors (Lipinski definition) is 3. The van der Waals surface area contributed by atoms with E-state index in [2.05, 4.69) is 16.6 Å². The quantitative estimate of drug-likeness (QED) is 0.295. The van der Waals surface area contributed by atoms with E-state index in [1.807, 2.05) is 13.0 Å². The van der Waals surface area contributed by atoms with Gasteiger partial charge in [-0.1, -0.05) is 50.5 Å². The molecule has 120 valence electrons. The summed E-state index contributed by atoms with van der Waals surface area (Å²) in [6.07, 6.45) is 13.1. The zero-order valence-corrected chi connectivity index (χ0v) is 13.7. The maximum atomic E-state index is 11.8. The molecule has 0 aromatic rings. The normalized spacial score (nSPS) is 18.4. The summed E-state index contributed by atoms with van der Waals surface area (Å²) in [4.78, 5) is 22.7. The third kappa shape index (κ3) is 6.76. The van der Waals surface area contributed by atoms with Gasteiger partial charge < -0.3 is 4.74 Å². The highest BCUT2D eigenvalue weighted by Crippen LogP contribution is 2.26. The fraction of sp³-hybridized carbons (Fsp3) is 0.579. The second-order valence-corrected chi connectivity index (χ2v) is 5.49. The molecule has 0 radical (unpaired) electrons. The van der Waals surface area contributed by atoms with E-state index in [-0.39, 0.29) is 17.7 Å². The molecule has 0 bridgehead atoms. The topological polar surface area (TPSA) is 43.4 Å². The molecule has 1 aliphatic rings. The van der Waals surface area contributed by atoms with Gasteiger partial charge in [-0.25, -0.2) is 0 Å². The van der Waals surface area contributed by atoms with Gasteiger partial charge in [0.2, 0.25) is 0 Å². The van der Waals surface area contributed by atoms with Gasteiger partial charge in [0.15, 0.2) is 5.78 Å². The number of methoxy groups -OCH3 is 1. The first-order chi connectivity index (χ1) is 10.7. The maximum Gasteiger partial charge on any atom is 0.305 e. The number of rotatable bonds is 8. The van der Waals surface area contributed by atoms with Crippen molar-refractivity contribution in [2.75, 3.05) is 7.11 Å². The van der Waals surface area contributed by atoms with Crippen LogP contribution < -0.4 is 0 Å². The standard InChI is InChI=1S/C19H26O3/c1-3-4-8-12-17-16(14-15-18(17)20)11-9-6-5-7-10-13-19(21)22-2/h12,14-16H,3,5-7,9-11,13H2,1-2H3/b17-12+. The van der Waals surface area contributed by atoms with Gasteiger partial charge >= 0.3 is 5.97 Å². The lowest BCUT2D eigenvalue weighted by Crippen LogP contribution is -2.03. The van der Waals surface area contributed by atoms with Crippen molar-refractivity contribution in [2.45, 2.75) is 58.3 Å². The van der Waals surface area contributed by atoms with Crippen molar-refractivity contribution < 1.29 is 14.3 Å². The lowest BCUT2D eigenvalue weighted by Gasteiger charge is -2.09. The number of unbranched alkanes of at least 4 members (excludes halogenated alkanes) is 4. The molecule has 0 heterocycles. The summed E-state index contributed by atoms with van der Waals surface area (Å²) < 4.78 is 4.61. The Morgan fingerprint density at radius 3 is 2.73 bits per heavy atom. The highest BCUT2D eigenvalue weighted by Gasteiger charge is 2.21. The number of ether oxygens (including phenoxy) is 1. The first-order valence-electron chi connectivity index (χ1n) is 8.16. The van der Waals surface area contributed by atoms with E-state index < -0.39 is 0 Å². The minimum Gasteiger partial charge on any atom is -0.469 e. The highest BCUT2D eigenvalue weighted by atomic mass is 16.5. The molecule has 0 fully saturated rings. The molecule has 3 nitrogen and oxygen atoms in total. The van der Waals surface area contributed by atoms with Gasteiger partial charge in [0, 0.05) is 24.3 Å². The van der Waals surface area contributed by atoms with Crippen molar-refractivity contribution in [1.82, 2.24) is 0 Å². The summed E-state index contributed by atoms with van der Waals surface area (Å²) in [6.45, 7) is 2.00. The monoisotopic (exact) mass is 302 g/mol. The van der Waals surface area contributed by atoms with Gasteiger partial charge in [0.05, 0.1) is 7.11 Å². The Balaban J connectivity index is 2.21. The Morgan fingerprint density at radius 2 is 2.00 bits per heavy atom. The summed E-state index contributed by atoms with van der Waals surface area (Å²) in [7, 11) is 1.43. The second kappa shape index (κ2) is 10.8. The largest absolute Gasteiger partial charge is 0.469 e. The van der Waals surface area contributed by atoms with Crippen LogP contribution in [0.1, 0.15) is 58.3 Å². The molecule has 0 N–H and O–H groups in total. The number of esters is 1. The van der Waals surface area contributed by atoms with Gasteiger partial charge in [-0.3, -0.25) is 9.59 Å². The SMILES string of the molecule is CCC#C/C=C1/C(=O)C=CC1CCCCCCCC(=O)OC. The van der Waals surface area contributed by atoms with Gasteiger partial charge in [-0.2, -0.15) is 0 Å². The number of ketones is 1. The average Bonchev–Trinajstić information content (AvgIpc) is 2.87. The molecule has 0 spiro atoms. The summed E-state index contributed by atoms with van der Waals surface area (Å²) in [6, 6.07) is 0. The van der Waals surface area contributed by atoms with Gasteiger partial charge in [0.25, 0.3) is 0 Å². The van der Waals surface area contributed by atoms with E-state index in [9.17, 15) is 9.59 Å². The Bertz CT molecular complexity index is 489. The molecule has 0 saturated heterocycles. The fourth-order valence-corrected chi connectivity index (χ4v) is 2.51. The van der Waals surface area contributed by atoms with E-state index in [4.69, 9.17) is 0 Å². The predicted octanol–water partition coefficient (Wildman–Crippen LogP) is 3.99. The van der Waals surface area contributed by atoms with E-state index in [0.29, 0.717) is 6.42 Å². The number of carbonyl (C=O) groups is 2. The smallest absolute Gasteiger partial charge is 0.305 e. The van der Waals surface area contributed by atoms with Crippen LogP contribution in [0.2, 0.25) is 0 Å². The lowest BCUT2D eigenvalue weighted by molar-refractivity contribution is -0.140. The molecule has 1 aliphatic carbocycles. The molecule has 0 aliphatic heterocycles. The minimum atomic E-state index is -0.127. The number of allylic oxidation sites excluding steroid dienone is 4. The van der Waals surface area contributed by atoms with Crippen molar-refractivity contribution in [2.24, 2.45) is 5.92 Å². The molecule has 1 rings (SSSR count). The molecular formula is C19H26O3. The Morgan fingerprint density at radius 1 is 1.27 bits per heavy atom. The van der Waals surface area contributed by atoms with E-state index in [0.717, 1.165) is 50.5 Å². The summed E-state index contributed by atoms with van der Waals surface area (Å²) >= 11 is 0. The number of carbonyl (C=O) groups excluding carboxylic acids is 2. The number of hydrogen-bond donors (Lipinski definition) is 0. The van der Waals surface area contributed by atoms with Crippen LogP contribution in [0.25, 0.3) is 0 Å². The van der Waals surface area contributed by atoms with Gasteiger partial charge in [0.1, 0.15) is 0 Å². The second-order valence-electron chi connectivity index (χ2n) is 5.49. The summed E-state index contributed by atoms with van der Waals surface area (Å²) in [5.74, 6) is 6.14. The van der Waals surface area contributed by atoms with Crippen molar-refractivity contribution in [1.29, 1.82) is 0 Å². The van der Waals surface area contributed by atoms with Crippen LogP contribution in [0, 0.1) is 17.8 Å². The van der Waals surface area contributed by atoms with Crippen molar-refractivity contribution in [3.8, 4) is 11.8 Å². The molecule has 1 atom stereocenters. The van der Waals surface area contributed by atoms with Crippen LogP contribution in [0.5, 0.6) is 0 Å². The minimum absolute atomic E-state index is 0.105. The van der Waals surface area contributed by atoms with Crippen LogP contribution in [-0.2, 0) is 14.3 Å². The average molecular weight is 302 g/mol.